The van der Waals surface area contributed by atoms with E-state index in [2.05, 4.69) is 0 Å². The third-order valence-electron chi connectivity index (χ3n) is 2.79. The summed E-state index contributed by atoms with van der Waals surface area (Å²) in [5, 5.41) is 17.8. The number of benzene rings is 1. The number of β-amino-alcohol motifs (C(OH)–C–C–N with tert-alkyl or cyclic N) is 1. The summed E-state index contributed by atoms with van der Waals surface area (Å²) >= 11 is 0. The molecule has 1 atom stereocenters. The van der Waals surface area contributed by atoms with Gasteiger partial charge in [0.2, 0.25) is 0 Å². The Hall–Kier alpha value is -2.00. The number of fused-ring (bicyclic) bond motifs is 1. The maximum atomic E-state index is 13.5. The van der Waals surface area contributed by atoms with Gasteiger partial charge in [0.15, 0.2) is 23.3 Å². The highest BCUT2D eigenvalue weighted by Crippen LogP contribution is 2.31. The number of imide groups is 1. The predicted octanol–water partition coefficient (Wildman–Crippen LogP) is 0.192. The fourth-order valence-corrected chi connectivity index (χ4v) is 1.83. The molecule has 1 aliphatic rings. The zero-order chi connectivity index (χ0) is 15.2. The van der Waals surface area contributed by atoms with E-state index >= 15 is 0 Å². The van der Waals surface area contributed by atoms with Crippen molar-refractivity contribution in [3.8, 4) is 0 Å². The standard InChI is InChI=1S/C11H7F4NO4/c12-6-4-5(7(13)9(15)8(6)14)11(20)16(10(4)19)1-3(18)2-17/h3,17-18H,1-2H2. The molecule has 1 aliphatic heterocycles. The maximum absolute atomic E-state index is 13.5. The van der Waals surface area contributed by atoms with Gasteiger partial charge in [0.05, 0.1) is 30.4 Å². The number of halogens is 4. The molecule has 0 aromatic heterocycles. The summed E-state index contributed by atoms with van der Waals surface area (Å²) in [5.41, 5.74) is -2.45. The van der Waals surface area contributed by atoms with Gasteiger partial charge >= 0.3 is 0 Å². The Bertz CT molecular complexity index is 572. The minimum absolute atomic E-state index is 0.205. The molecule has 1 aromatic carbocycles. The van der Waals surface area contributed by atoms with Crippen molar-refractivity contribution in [2.45, 2.75) is 6.10 Å². The Morgan fingerprint density at radius 1 is 0.900 bits per heavy atom. The molecule has 9 heteroatoms. The van der Waals surface area contributed by atoms with Crippen molar-refractivity contribution in [1.29, 1.82) is 0 Å². The van der Waals surface area contributed by atoms with Crippen LogP contribution in [-0.2, 0) is 0 Å². The maximum Gasteiger partial charge on any atom is 0.264 e. The summed E-state index contributed by atoms with van der Waals surface area (Å²) in [4.78, 5) is 23.6. The van der Waals surface area contributed by atoms with E-state index in [1.54, 1.807) is 0 Å². The second kappa shape index (κ2) is 4.84. The first-order valence-electron chi connectivity index (χ1n) is 5.32. The number of aliphatic hydroxyl groups excluding tert-OH is 2. The normalized spacial score (nSPS) is 15.8. The summed E-state index contributed by atoms with van der Waals surface area (Å²) in [6.07, 6.45) is -1.54. The zero-order valence-corrected chi connectivity index (χ0v) is 9.66. The lowest BCUT2D eigenvalue weighted by Crippen LogP contribution is -2.38. The Morgan fingerprint density at radius 2 is 1.30 bits per heavy atom. The van der Waals surface area contributed by atoms with E-state index in [0.717, 1.165) is 0 Å². The number of amides is 2. The third kappa shape index (κ3) is 1.86. The van der Waals surface area contributed by atoms with Gasteiger partial charge in [-0.2, -0.15) is 0 Å². The van der Waals surface area contributed by atoms with Crippen LogP contribution in [0.4, 0.5) is 17.6 Å². The molecule has 0 radical (unpaired) electrons. The van der Waals surface area contributed by atoms with Gasteiger partial charge < -0.3 is 10.2 Å². The van der Waals surface area contributed by atoms with E-state index in [0.29, 0.717) is 0 Å². The van der Waals surface area contributed by atoms with E-state index < -0.39 is 65.5 Å². The van der Waals surface area contributed by atoms with Gasteiger partial charge in [-0.05, 0) is 0 Å². The molecular weight excluding hydrogens is 286 g/mol. The number of carbonyl (C=O) groups is 2. The summed E-state index contributed by atoms with van der Waals surface area (Å²) in [6, 6.07) is 0. The number of hydrogen-bond acceptors (Lipinski definition) is 4. The lowest BCUT2D eigenvalue weighted by atomic mass is 10.1. The molecule has 108 valence electrons. The Balaban J connectivity index is 2.57. The molecule has 0 saturated carbocycles. The van der Waals surface area contributed by atoms with Crippen molar-refractivity contribution in [3.63, 3.8) is 0 Å². The van der Waals surface area contributed by atoms with Crippen LogP contribution in [0, 0.1) is 23.3 Å². The van der Waals surface area contributed by atoms with Crippen LogP contribution in [-0.4, -0.2) is 46.2 Å². The molecule has 2 N–H and O–H groups in total. The van der Waals surface area contributed by atoms with Gasteiger partial charge in [0.25, 0.3) is 11.8 Å². The zero-order valence-electron chi connectivity index (χ0n) is 9.66. The molecule has 1 heterocycles. The first kappa shape index (κ1) is 14.4. The first-order chi connectivity index (χ1) is 9.31. The van der Waals surface area contributed by atoms with Gasteiger partial charge in [-0.1, -0.05) is 0 Å². The van der Waals surface area contributed by atoms with Crippen molar-refractivity contribution >= 4 is 11.8 Å². The highest BCUT2D eigenvalue weighted by Gasteiger charge is 2.44. The summed E-state index contributed by atoms with van der Waals surface area (Å²) < 4.78 is 53.0. The third-order valence-corrected chi connectivity index (χ3v) is 2.79. The molecule has 0 saturated heterocycles. The molecule has 2 rings (SSSR count). The number of carbonyl (C=O) groups excluding carboxylic acids is 2. The van der Waals surface area contributed by atoms with Crippen molar-refractivity contribution in [2.24, 2.45) is 0 Å². The molecule has 20 heavy (non-hydrogen) atoms. The molecule has 0 fully saturated rings. The molecule has 1 aromatic rings. The Kier molecular flexibility index (Phi) is 3.48. The van der Waals surface area contributed by atoms with Crippen LogP contribution in [0.15, 0.2) is 0 Å². The fraction of sp³-hybridized carbons (Fsp3) is 0.273. The van der Waals surface area contributed by atoms with Crippen LogP contribution >= 0.6 is 0 Å². The quantitative estimate of drug-likeness (QED) is 0.361. The van der Waals surface area contributed by atoms with E-state index in [1.165, 1.54) is 0 Å². The van der Waals surface area contributed by atoms with Crippen LogP contribution in [0.5, 0.6) is 0 Å². The van der Waals surface area contributed by atoms with E-state index in [9.17, 15) is 27.2 Å². The van der Waals surface area contributed by atoms with Crippen LogP contribution < -0.4 is 0 Å². The van der Waals surface area contributed by atoms with E-state index in [1.807, 2.05) is 0 Å². The van der Waals surface area contributed by atoms with Gasteiger partial charge in [0.1, 0.15) is 0 Å². The molecular formula is C11H7F4NO4. The molecule has 0 spiro atoms. The minimum atomic E-state index is -2.20. The molecule has 1 unspecified atom stereocenters. The fourth-order valence-electron chi connectivity index (χ4n) is 1.83. The summed E-state index contributed by atoms with van der Waals surface area (Å²) in [7, 11) is 0. The lowest BCUT2D eigenvalue weighted by Gasteiger charge is -2.16. The average Bonchev–Trinajstić information content (AvgIpc) is 2.67. The van der Waals surface area contributed by atoms with Crippen LogP contribution in [0.2, 0.25) is 0 Å². The lowest BCUT2D eigenvalue weighted by molar-refractivity contribution is 0.0424. The number of hydrogen-bond donors (Lipinski definition) is 2. The van der Waals surface area contributed by atoms with Crippen molar-refractivity contribution in [3.05, 3.63) is 34.4 Å². The number of nitrogens with zero attached hydrogens (tertiary/aromatic N) is 1. The van der Waals surface area contributed by atoms with Crippen LogP contribution in [0.3, 0.4) is 0 Å². The molecule has 0 aliphatic carbocycles. The minimum Gasteiger partial charge on any atom is -0.394 e. The second-order valence-corrected chi connectivity index (χ2v) is 4.06. The van der Waals surface area contributed by atoms with Crippen molar-refractivity contribution in [1.82, 2.24) is 4.90 Å². The molecule has 0 bridgehead atoms. The SMILES string of the molecule is O=C1c2c(F)c(F)c(F)c(F)c2C(=O)N1CC(O)CO. The average molecular weight is 293 g/mol. The topological polar surface area (TPSA) is 77.8 Å². The number of aliphatic hydroxyl groups is 2. The van der Waals surface area contributed by atoms with E-state index in [4.69, 9.17) is 10.2 Å². The number of rotatable bonds is 3. The van der Waals surface area contributed by atoms with Gasteiger partial charge in [-0.25, -0.2) is 17.6 Å². The summed E-state index contributed by atoms with van der Waals surface area (Å²) in [5.74, 6) is -11.2. The van der Waals surface area contributed by atoms with Crippen LogP contribution in [0.25, 0.3) is 0 Å². The Labute approximate surface area is 109 Å². The van der Waals surface area contributed by atoms with Gasteiger partial charge in [-0.15, -0.1) is 0 Å². The largest absolute Gasteiger partial charge is 0.394 e. The van der Waals surface area contributed by atoms with Crippen LogP contribution in [0.1, 0.15) is 20.7 Å². The predicted molar refractivity (Wildman–Crippen MR) is 54.7 cm³/mol. The second-order valence-electron chi connectivity index (χ2n) is 4.06. The van der Waals surface area contributed by atoms with Gasteiger partial charge in [-0.3, -0.25) is 14.5 Å². The van der Waals surface area contributed by atoms with Crippen molar-refractivity contribution < 1.29 is 37.4 Å². The highest BCUT2D eigenvalue weighted by molar-refractivity contribution is 6.21. The summed E-state index contributed by atoms with van der Waals surface area (Å²) in [6.45, 7) is -1.58. The highest BCUT2D eigenvalue weighted by atomic mass is 19.2. The monoisotopic (exact) mass is 293 g/mol. The molecule has 2 amide bonds. The Morgan fingerprint density at radius 3 is 1.65 bits per heavy atom. The smallest absolute Gasteiger partial charge is 0.264 e. The van der Waals surface area contributed by atoms with E-state index in [-0.39, 0.29) is 4.90 Å². The molecule has 5 nitrogen and oxygen atoms in total. The van der Waals surface area contributed by atoms with Crippen molar-refractivity contribution in [2.75, 3.05) is 13.2 Å². The first-order valence-corrected chi connectivity index (χ1v) is 5.32. The van der Waals surface area contributed by atoms with Gasteiger partial charge in [0, 0.05) is 0 Å².